The molecule has 17 heavy (non-hydrogen) atoms. The molecular formula is C12H13N3O2. The zero-order valence-electron chi connectivity index (χ0n) is 9.31. The molecule has 0 bridgehead atoms. The SMILES string of the molecule is O=C(c1n[nH]c2ccc(O)cc12)N1CCCC1. The van der Waals surface area contributed by atoms with E-state index in [-0.39, 0.29) is 11.7 Å². The maximum Gasteiger partial charge on any atom is 0.274 e. The van der Waals surface area contributed by atoms with Crippen LogP contribution < -0.4 is 0 Å². The minimum Gasteiger partial charge on any atom is -0.508 e. The maximum absolute atomic E-state index is 12.2. The molecule has 2 heterocycles. The number of nitrogens with one attached hydrogen (secondary N) is 1. The summed E-state index contributed by atoms with van der Waals surface area (Å²) >= 11 is 0. The second kappa shape index (κ2) is 3.76. The predicted molar refractivity (Wildman–Crippen MR) is 62.9 cm³/mol. The minimum absolute atomic E-state index is 0.0562. The topological polar surface area (TPSA) is 69.2 Å². The summed E-state index contributed by atoms with van der Waals surface area (Å²) < 4.78 is 0. The molecule has 0 aliphatic carbocycles. The normalized spacial score (nSPS) is 15.6. The standard InChI is InChI=1S/C12H13N3O2/c16-8-3-4-10-9(7-8)11(14-13-10)12(17)15-5-1-2-6-15/h3-4,7,16H,1-2,5-6H2,(H,13,14). The molecule has 1 fully saturated rings. The van der Waals surface area contributed by atoms with Crippen molar-refractivity contribution in [2.75, 3.05) is 13.1 Å². The number of phenols is 1. The summed E-state index contributed by atoms with van der Waals surface area (Å²) in [5.74, 6) is 0.0914. The summed E-state index contributed by atoms with van der Waals surface area (Å²) in [5.41, 5.74) is 1.17. The van der Waals surface area contributed by atoms with E-state index < -0.39 is 0 Å². The number of amides is 1. The highest BCUT2D eigenvalue weighted by molar-refractivity contribution is 6.05. The van der Waals surface area contributed by atoms with Gasteiger partial charge in [-0.2, -0.15) is 5.10 Å². The Kier molecular flexibility index (Phi) is 2.24. The molecule has 1 amide bonds. The quantitative estimate of drug-likeness (QED) is 0.781. The number of nitrogens with zero attached hydrogens (tertiary/aromatic N) is 2. The van der Waals surface area contributed by atoms with E-state index in [0.29, 0.717) is 11.1 Å². The number of phenolic OH excluding ortho intramolecular Hbond substituents is 1. The average molecular weight is 231 g/mol. The molecule has 0 radical (unpaired) electrons. The van der Waals surface area contributed by atoms with Crippen LogP contribution in [-0.4, -0.2) is 39.2 Å². The molecule has 0 atom stereocenters. The molecule has 1 aromatic carbocycles. The zero-order chi connectivity index (χ0) is 11.8. The van der Waals surface area contributed by atoms with E-state index in [1.54, 1.807) is 23.1 Å². The molecule has 5 heteroatoms. The number of aromatic nitrogens is 2. The summed E-state index contributed by atoms with van der Waals surface area (Å²) in [6.45, 7) is 1.60. The molecule has 5 nitrogen and oxygen atoms in total. The molecule has 1 aliphatic heterocycles. The number of hydrogen-bond donors (Lipinski definition) is 2. The Hall–Kier alpha value is -2.04. The summed E-state index contributed by atoms with van der Waals surface area (Å²) in [4.78, 5) is 14.0. The number of likely N-dealkylation sites (tertiary alicyclic amines) is 1. The van der Waals surface area contributed by atoms with Crippen molar-refractivity contribution in [3.05, 3.63) is 23.9 Å². The largest absolute Gasteiger partial charge is 0.508 e. The van der Waals surface area contributed by atoms with Crippen LogP contribution in [0.3, 0.4) is 0 Å². The van der Waals surface area contributed by atoms with E-state index in [1.807, 2.05) is 0 Å². The second-order valence-electron chi connectivity index (χ2n) is 4.30. The summed E-state index contributed by atoms with van der Waals surface area (Å²) in [6.07, 6.45) is 2.11. The lowest BCUT2D eigenvalue weighted by molar-refractivity contribution is 0.0789. The van der Waals surface area contributed by atoms with Crippen LogP contribution in [-0.2, 0) is 0 Å². The lowest BCUT2D eigenvalue weighted by atomic mass is 10.2. The van der Waals surface area contributed by atoms with Gasteiger partial charge in [0.05, 0.1) is 5.52 Å². The molecule has 3 rings (SSSR count). The van der Waals surface area contributed by atoms with Crippen LogP contribution in [0.1, 0.15) is 23.3 Å². The molecule has 0 unspecified atom stereocenters. The first-order valence-corrected chi connectivity index (χ1v) is 5.72. The predicted octanol–water partition coefficient (Wildman–Crippen LogP) is 1.50. The van der Waals surface area contributed by atoms with Crippen LogP contribution in [0.15, 0.2) is 18.2 Å². The molecular weight excluding hydrogens is 218 g/mol. The smallest absolute Gasteiger partial charge is 0.274 e. The maximum atomic E-state index is 12.2. The Morgan fingerprint density at radius 3 is 2.88 bits per heavy atom. The fraction of sp³-hybridized carbons (Fsp3) is 0.333. The van der Waals surface area contributed by atoms with Crippen molar-refractivity contribution in [2.24, 2.45) is 0 Å². The highest BCUT2D eigenvalue weighted by atomic mass is 16.3. The van der Waals surface area contributed by atoms with E-state index in [9.17, 15) is 9.90 Å². The van der Waals surface area contributed by atoms with Gasteiger partial charge in [-0.3, -0.25) is 9.89 Å². The first-order valence-electron chi connectivity index (χ1n) is 5.72. The van der Waals surface area contributed by atoms with Gasteiger partial charge in [-0.05, 0) is 31.0 Å². The van der Waals surface area contributed by atoms with Gasteiger partial charge >= 0.3 is 0 Å². The summed E-state index contributed by atoms with van der Waals surface area (Å²) in [7, 11) is 0. The van der Waals surface area contributed by atoms with Gasteiger partial charge in [0.1, 0.15) is 5.75 Å². The Morgan fingerprint density at radius 1 is 1.35 bits per heavy atom. The molecule has 0 saturated carbocycles. The number of aromatic hydroxyl groups is 1. The van der Waals surface area contributed by atoms with Crippen molar-refractivity contribution in [1.82, 2.24) is 15.1 Å². The van der Waals surface area contributed by atoms with E-state index in [0.717, 1.165) is 31.4 Å². The third-order valence-corrected chi connectivity index (χ3v) is 3.14. The van der Waals surface area contributed by atoms with Crippen LogP contribution in [0.5, 0.6) is 5.75 Å². The Balaban J connectivity index is 2.04. The minimum atomic E-state index is -0.0562. The highest BCUT2D eigenvalue weighted by Gasteiger charge is 2.23. The van der Waals surface area contributed by atoms with E-state index in [4.69, 9.17) is 0 Å². The Labute approximate surface area is 98.0 Å². The number of carbonyl (C=O) groups is 1. The van der Waals surface area contributed by atoms with Crippen molar-refractivity contribution in [2.45, 2.75) is 12.8 Å². The lowest BCUT2D eigenvalue weighted by Crippen LogP contribution is -2.28. The molecule has 1 aliphatic rings. The zero-order valence-corrected chi connectivity index (χ0v) is 9.31. The van der Waals surface area contributed by atoms with Gasteiger partial charge in [-0.25, -0.2) is 0 Å². The molecule has 0 spiro atoms. The first kappa shape index (κ1) is 10.1. The van der Waals surface area contributed by atoms with Gasteiger partial charge in [0.25, 0.3) is 5.91 Å². The van der Waals surface area contributed by atoms with Gasteiger partial charge in [0.15, 0.2) is 5.69 Å². The monoisotopic (exact) mass is 231 g/mol. The average Bonchev–Trinajstić information content (AvgIpc) is 2.97. The lowest BCUT2D eigenvalue weighted by Gasteiger charge is -2.13. The number of benzene rings is 1. The van der Waals surface area contributed by atoms with Crippen LogP contribution in [0.4, 0.5) is 0 Å². The van der Waals surface area contributed by atoms with Crippen LogP contribution in [0.25, 0.3) is 10.9 Å². The van der Waals surface area contributed by atoms with Crippen LogP contribution in [0, 0.1) is 0 Å². The number of hydrogen-bond acceptors (Lipinski definition) is 3. The Morgan fingerprint density at radius 2 is 2.12 bits per heavy atom. The van der Waals surface area contributed by atoms with Gasteiger partial charge in [0, 0.05) is 18.5 Å². The number of H-pyrrole nitrogens is 1. The second-order valence-corrected chi connectivity index (χ2v) is 4.30. The van der Waals surface area contributed by atoms with Crippen molar-refractivity contribution < 1.29 is 9.90 Å². The van der Waals surface area contributed by atoms with Crippen molar-refractivity contribution in [3.63, 3.8) is 0 Å². The van der Waals surface area contributed by atoms with E-state index in [2.05, 4.69) is 10.2 Å². The third kappa shape index (κ3) is 1.63. The number of carbonyl (C=O) groups excluding carboxylic acids is 1. The molecule has 2 aromatic rings. The number of fused-ring (bicyclic) bond motifs is 1. The Bertz CT molecular complexity index is 570. The number of rotatable bonds is 1. The number of aromatic amines is 1. The summed E-state index contributed by atoms with van der Waals surface area (Å²) in [5, 5.41) is 17.0. The van der Waals surface area contributed by atoms with Crippen LogP contribution in [0.2, 0.25) is 0 Å². The molecule has 1 aromatic heterocycles. The highest BCUT2D eigenvalue weighted by Crippen LogP contribution is 2.23. The molecule has 1 saturated heterocycles. The van der Waals surface area contributed by atoms with Crippen LogP contribution >= 0.6 is 0 Å². The van der Waals surface area contributed by atoms with Crippen molar-refractivity contribution in [3.8, 4) is 5.75 Å². The van der Waals surface area contributed by atoms with Gasteiger partial charge < -0.3 is 10.0 Å². The molecule has 88 valence electrons. The first-order chi connectivity index (χ1) is 8.25. The molecule has 2 N–H and O–H groups in total. The summed E-state index contributed by atoms with van der Waals surface area (Å²) in [6, 6.07) is 4.87. The fourth-order valence-electron chi connectivity index (χ4n) is 2.24. The van der Waals surface area contributed by atoms with E-state index in [1.165, 1.54) is 0 Å². The van der Waals surface area contributed by atoms with Crippen molar-refractivity contribution >= 4 is 16.8 Å². The third-order valence-electron chi connectivity index (χ3n) is 3.14. The van der Waals surface area contributed by atoms with Gasteiger partial charge in [-0.15, -0.1) is 0 Å². The fourth-order valence-corrected chi connectivity index (χ4v) is 2.24. The van der Waals surface area contributed by atoms with Crippen molar-refractivity contribution in [1.29, 1.82) is 0 Å². The van der Waals surface area contributed by atoms with E-state index >= 15 is 0 Å². The van der Waals surface area contributed by atoms with Gasteiger partial charge in [0.2, 0.25) is 0 Å². The van der Waals surface area contributed by atoms with Gasteiger partial charge in [-0.1, -0.05) is 0 Å².